The topological polar surface area (TPSA) is 62.1 Å². The summed E-state index contributed by atoms with van der Waals surface area (Å²) in [5, 5.41) is 12.3. The van der Waals surface area contributed by atoms with E-state index >= 15 is 0 Å². The number of para-hydroxylation sites is 1. The van der Waals surface area contributed by atoms with Gasteiger partial charge in [0.1, 0.15) is 24.0 Å². The molecule has 0 aromatic heterocycles. The van der Waals surface area contributed by atoms with Gasteiger partial charge >= 0.3 is 6.18 Å². The van der Waals surface area contributed by atoms with Gasteiger partial charge in [-0.05, 0) is 36.4 Å². The molecule has 1 N–H and O–H groups in total. The van der Waals surface area contributed by atoms with E-state index in [2.05, 4.69) is 5.32 Å². The molecule has 0 saturated carbocycles. The third kappa shape index (κ3) is 5.90. The van der Waals surface area contributed by atoms with Crippen LogP contribution in [0.4, 0.5) is 18.9 Å². The smallest absolute Gasteiger partial charge is 0.416 e. The summed E-state index contributed by atoms with van der Waals surface area (Å²) < 4.78 is 44.5. The van der Waals surface area contributed by atoms with Crippen molar-refractivity contribution in [3.05, 3.63) is 100 Å². The van der Waals surface area contributed by atoms with Gasteiger partial charge in [-0.2, -0.15) is 18.4 Å². The predicted molar refractivity (Wildman–Crippen MR) is 116 cm³/mol. The number of nitriles is 1. The maximum Gasteiger partial charge on any atom is 0.416 e. The lowest BCUT2D eigenvalue weighted by molar-refractivity contribution is -0.137. The number of nitrogens with one attached hydrogen (secondary N) is 1. The molecule has 0 heterocycles. The standard InChI is InChI=1S/C24H16ClF3N2O2/c25-21-10-3-1-7-17(21)15-32-22-11-4-2-6-16(22)12-18(14-29)23(31)30-20-9-5-8-19(13-20)24(26,27)28/h1-13H,15H2,(H,30,31)/b18-12+. The minimum atomic E-state index is -4.55. The van der Waals surface area contributed by atoms with Crippen LogP contribution in [0.15, 0.2) is 78.4 Å². The van der Waals surface area contributed by atoms with Gasteiger partial charge in [-0.1, -0.05) is 54.1 Å². The van der Waals surface area contributed by atoms with Crippen LogP contribution in [0.5, 0.6) is 5.75 Å². The quantitative estimate of drug-likeness (QED) is 0.341. The fourth-order valence-corrected chi connectivity index (χ4v) is 2.97. The Hall–Kier alpha value is -3.76. The molecule has 4 nitrogen and oxygen atoms in total. The van der Waals surface area contributed by atoms with Crippen LogP contribution in [0, 0.1) is 11.3 Å². The van der Waals surface area contributed by atoms with Crippen molar-refractivity contribution in [3.63, 3.8) is 0 Å². The Bertz CT molecular complexity index is 1200. The van der Waals surface area contributed by atoms with Gasteiger partial charge in [-0.3, -0.25) is 4.79 Å². The largest absolute Gasteiger partial charge is 0.488 e. The number of carbonyl (C=O) groups is 1. The van der Waals surface area contributed by atoms with E-state index in [1.165, 1.54) is 18.2 Å². The lowest BCUT2D eigenvalue weighted by atomic mass is 10.1. The molecule has 162 valence electrons. The van der Waals surface area contributed by atoms with Crippen LogP contribution in [0.2, 0.25) is 5.02 Å². The fraction of sp³-hybridized carbons (Fsp3) is 0.0833. The highest BCUT2D eigenvalue weighted by Crippen LogP contribution is 2.31. The van der Waals surface area contributed by atoms with E-state index in [4.69, 9.17) is 16.3 Å². The zero-order chi connectivity index (χ0) is 23.1. The summed E-state index contributed by atoms with van der Waals surface area (Å²) in [6, 6.07) is 19.9. The highest BCUT2D eigenvalue weighted by atomic mass is 35.5. The van der Waals surface area contributed by atoms with Crippen LogP contribution < -0.4 is 10.1 Å². The van der Waals surface area contributed by atoms with Gasteiger partial charge in [0.05, 0.1) is 5.56 Å². The first-order chi connectivity index (χ1) is 15.3. The number of halogens is 4. The normalized spacial score (nSPS) is 11.5. The Labute approximate surface area is 187 Å². The first-order valence-electron chi connectivity index (χ1n) is 9.33. The predicted octanol–water partition coefficient (Wildman–Crippen LogP) is 6.48. The van der Waals surface area contributed by atoms with E-state index in [0.29, 0.717) is 16.3 Å². The van der Waals surface area contributed by atoms with Gasteiger partial charge in [0, 0.05) is 21.8 Å². The SMILES string of the molecule is N#C/C(=C\c1ccccc1OCc1ccccc1Cl)C(=O)Nc1cccc(C(F)(F)F)c1. The molecule has 0 aliphatic heterocycles. The van der Waals surface area contributed by atoms with Crippen LogP contribution in [-0.4, -0.2) is 5.91 Å². The minimum absolute atomic E-state index is 0.0748. The molecule has 3 aromatic carbocycles. The highest BCUT2D eigenvalue weighted by molar-refractivity contribution is 6.31. The third-order valence-electron chi connectivity index (χ3n) is 4.37. The van der Waals surface area contributed by atoms with Gasteiger partial charge < -0.3 is 10.1 Å². The molecule has 0 aliphatic rings. The maximum atomic E-state index is 12.9. The molecule has 0 bridgehead atoms. The van der Waals surface area contributed by atoms with Crippen molar-refractivity contribution in [3.8, 4) is 11.8 Å². The van der Waals surface area contributed by atoms with Crippen molar-refractivity contribution in [1.29, 1.82) is 5.26 Å². The summed E-state index contributed by atoms with van der Waals surface area (Å²) in [7, 11) is 0. The zero-order valence-electron chi connectivity index (χ0n) is 16.5. The van der Waals surface area contributed by atoms with E-state index in [-0.39, 0.29) is 17.9 Å². The third-order valence-corrected chi connectivity index (χ3v) is 4.74. The fourth-order valence-electron chi connectivity index (χ4n) is 2.78. The average Bonchev–Trinajstić information content (AvgIpc) is 2.77. The Morgan fingerprint density at radius 1 is 1.06 bits per heavy atom. The second-order valence-corrected chi connectivity index (χ2v) is 7.03. The molecule has 0 atom stereocenters. The molecule has 0 saturated heterocycles. The molecule has 32 heavy (non-hydrogen) atoms. The van der Waals surface area contributed by atoms with Gasteiger partial charge in [0.25, 0.3) is 5.91 Å². The summed E-state index contributed by atoms with van der Waals surface area (Å²) in [6.45, 7) is 0.169. The second kappa shape index (κ2) is 10.0. The molecule has 3 aromatic rings. The molecular formula is C24H16ClF3N2O2. The van der Waals surface area contributed by atoms with Crippen molar-refractivity contribution >= 4 is 29.3 Å². The Morgan fingerprint density at radius 3 is 2.50 bits per heavy atom. The molecule has 1 amide bonds. The number of hydrogen-bond acceptors (Lipinski definition) is 3. The van der Waals surface area contributed by atoms with Crippen molar-refractivity contribution in [1.82, 2.24) is 0 Å². The van der Waals surface area contributed by atoms with Crippen LogP contribution >= 0.6 is 11.6 Å². The summed E-state index contributed by atoms with van der Waals surface area (Å²) in [4.78, 5) is 12.5. The van der Waals surface area contributed by atoms with Crippen molar-refractivity contribution in [2.24, 2.45) is 0 Å². The first-order valence-corrected chi connectivity index (χ1v) is 9.71. The van der Waals surface area contributed by atoms with Crippen molar-refractivity contribution in [2.45, 2.75) is 12.8 Å². The molecule has 3 rings (SSSR count). The summed E-state index contributed by atoms with van der Waals surface area (Å²) in [5.41, 5.74) is -0.0624. The Kier molecular flexibility index (Phi) is 7.18. The number of amides is 1. The molecule has 0 unspecified atom stereocenters. The van der Waals surface area contributed by atoms with E-state index in [9.17, 15) is 23.2 Å². The lowest BCUT2D eigenvalue weighted by Crippen LogP contribution is -2.14. The van der Waals surface area contributed by atoms with Gasteiger partial charge in [0.15, 0.2) is 0 Å². The van der Waals surface area contributed by atoms with Crippen LogP contribution in [0.25, 0.3) is 6.08 Å². The molecule has 0 aliphatic carbocycles. The number of rotatable bonds is 6. The van der Waals surface area contributed by atoms with E-state index in [0.717, 1.165) is 17.7 Å². The molecule has 0 fully saturated rings. The molecular weight excluding hydrogens is 441 g/mol. The Morgan fingerprint density at radius 2 is 1.78 bits per heavy atom. The van der Waals surface area contributed by atoms with Crippen molar-refractivity contribution < 1.29 is 22.7 Å². The summed E-state index contributed by atoms with van der Waals surface area (Å²) >= 11 is 6.14. The number of carbonyl (C=O) groups excluding carboxylic acids is 1. The number of nitrogens with zero attached hydrogens (tertiary/aromatic N) is 1. The number of hydrogen-bond donors (Lipinski definition) is 1. The highest BCUT2D eigenvalue weighted by Gasteiger charge is 2.30. The minimum Gasteiger partial charge on any atom is -0.488 e. The number of benzene rings is 3. The first kappa shape index (κ1) is 22.9. The van der Waals surface area contributed by atoms with Crippen LogP contribution in [-0.2, 0) is 17.6 Å². The zero-order valence-corrected chi connectivity index (χ0v) is 17.2. The molecule has 8 heteroatoms. The number of anilines is 1. The van der Waals surface area contributed by atoms with Gasteiger partial charge in [-0.15, -0.1) is 0 Å². The van der Waals surface area contributed by atoms with E-state index in [1.807, 2.05) is 12.1 Å². The van der Waals surface area contributed by atoms with Gasteiger partial charge in [0.2, 0.25) is 0 Å². The monoisotopic (exact) mass is 456 g/mol. The lowest BCUT2D eigenvalue weighted by Gasteiger charge is -2.11. The Balaban J connectivity index is 1.80. The summed E-state index contributed by atoms with van der Waals surface area (Å²) in [6.07, 6.45) is -3.24. The van der Waals surface area contributed by atoms with E-state index in [1.54, 1.807) is 42.5 Å². The van der Waals surface area contributed by atoms with Crippen molar-refractivity contribution in [2.75, 3.05) is 5.32 Å². The summed E-state index contributed by atoms with van der Waals surface area (Å²) in [5.74, 6) is -0.431. The maximum absolute atomic E-state index is 12.9. The second-order valence-electron chi connectivity index (χ2n) is 6.62. The van der Waals surface area contributed by atoms with Crippen LogP contribution in [0.3, 0.4) is 0 Å². The number of alkyl halides is 3. The molecule has 0 spiro atoms. The van der Waals surface area contributed by atoms with E-state index < -0.39 is 17.6 Å². The number of ether oxygens (including phenoxy) is 1. The molecule has 0 radical (unpaired) electrons. The average molecular weight is 457 g/mol. The van der Waals surface area contributed by atoms with Gasteiger partial charge in [-0.25, -0.2) is 0 Å². The van der Waals surface area contributed by atoms with Crippen LogP contribution in [0.1, 0.15) is 16.7 Å².